The smallest absolute Gasteiger partial charge is 0.216 e. The molecule has 0 unspecified atom stereocenters. The second kappa shape index (κ2) is 6.70. The molecule has 3 aromatic rings. The van der Waals surface area contributed by atoms with Gasteiger partial charge in [-0.15, -0.1) is 0 Å². The molecule has 5 rings (SSSR count). The Morgan fingerprint density at radius 2 is 1.60 bits per heavy atom. The van der Waals surface area contributed by atoms with E-state index < -0.39 is 0 Å². The second-order valence-corrected chi connectivity index (χ2v) is 9.77. The second-order valence-electron chi connectivity index (χ2n) is 9.77. The van der Waals surface area contributed by atoms with Crippen LogP contribution in [0, 0.1) is 13.8 Å². The van der Waals surface area contributed by atoms with Gasteiger partial charge in [0.05, 0.1) is 5.56 Å². The van der Waals surface area contributed by atoms with E-state index >= 15 is 0 Å². The summed E-state index contributed by atoms with van der Waals surface area (Å²) in [6, 6.07) is 17.6. The van der Waals surface area contributed by atoms with Crippen molar-refractivity contribution in [2.24, 2.45) is 7.05 Å². The Labute approximate surface area is 180 Å². The molecular formula is C28H32NO+. The molecule has 1 saturated carbocycles. The molecule has 2 nitrogen and oxygen atoms in total. The van der Waals surface area contributed by atoms with E-state index in [9.17, 15) is 0 Å². The van der Waals surface area contributed by atoms with Crippen molar-refractivity contribution in [1.82, 2.24) is 0 Å². The van der Waals surface area contributed by atoms with Gasteiger partial charge in [-0.2, -0.15) is 0 Å². The zero-order chi connectivity index (χ0) is 21.1. The van der Waals surface area contributed by atoms with Gasteiger partial charge in [0.1, 0.15) is 18.4 Å². The predicted molar refractivity (Wildman–Crippen MR) is 123 cm³/mol. The van der Waals surface area contributed by atoms with Crippen molar-refractivity contribution in [3.63, 3.8) is 0 Å². The predicted octanol–water partition coefficient (Wildman–Crippen LogP) is 6.44. The number of hydrogen-bond acceptors (Lipinski definition) is 1. The molecule has 2 heterocycles. The van der Waals surface area contributed by atoms with Crippen LogP contribution in [-0.2, 0) is 12.5 Å². The summed E-state index contributed by atoms with van der Waals surface area (Å²) in [6.07, 6.45) is 7.33. The fourth-order valence-corrected chi connectivity index (χ4v) is 5.93. The van der Waals surface area contributed by atoms with Gasteiger partial charge in [0.15, 0.2) is 6.20 Å². The van der Waals surface area contributed by atoms with Crippen LogP contribution in [0.2, 0.25) is 0 Å². The Kier molecular flexibility index (Phi) is 4.32. The molecule has 154 valence electrons. The molecule has 30 heavy (non-hydrogen) atoms. The van der Waals surface area contributed by atoms with Gasteiger partial charge >= 0.3 is 0 Å². The number of aromatic nitrogens is 1. The van der Waals surface area contributed by atoms with E-state index in [0.29, 0.717) is 0 Å². The summed E-state index contributed by atoms with van der Waals surface area (Å²) < 4.78 is 9.07. The first-order valence-electron chi connectivity index (χ1n) is 11.2. The fourth-order valence-electron chi connectivity index (χ4n) is 5.93. The third kappa shape index (κ3) is 2.66. The first-order chi connectivity index (χ1) is 14.3. The normalized spacial score (nSPS) is 18.4. The maximum absolute atomic E-state index is 6.79. The van der Waals surface area contributed by atoms with Gasteiger partial charge in [-0.3, -0.25) is 0 Å². The lowest BCUT2D eigenvalue weighted by Crippen LogP contribution is -2.44. The van der Waals surface area contributed by atoms with Crippen molar-refractivity contribution in [2.75, 3.05) is 0 Å². The zero-order valence-electron chi connectivity index (χ0n) is 18.9. The van der Waals surface area contributed by atoms with Gasteiger partial charge in [0, 0.05) is 22.6 Å². The first-order valence-corrected chi connectivity index (χ1v) is 11.2. The average molecular weight is 399 g/mol. The number of nitrogens with zero attached hydrogens (tertiary/aromatic N) is 1. The first kappa shape index (κ1) is 19.4. The van der Waals surface area contributed by atoms with Gasteiger partial charge in [0.25, 0.3) is 0 Å². The summed E-state index contributed by atoms with van der Waals surface area (Å²) in [7, 11) is 2.16. The molecule has 1 aromatic heterocycles. The average Bonchev–Trinajstić information content (AvgIpc) is 3.29. The monoisotopic (exact) mass is 398 g/mol. The minimum Gasteiger partial charge on any atom is -0.486 e. The van der Waals surface area contributed by atoms with Crippen LogP contribution < -0.4 is 9.30 Å². The molecule has 0 radical (unpaired) electrons. The summed E-state index contributed by atoms with van der Waals surface area (Å²) in [4.78, 5) is 0. The van der Waals surface area contributed by atoms with Crippen molar-refractivity contribution in [3.8, 4) is 28.1 Å². The molecule has 0 N–H and O–H groups in total. The van der Waals surface area contributed by atoms with Crippen LogP contribution in [0.4, 0.5) is 0 Å². The lowest BCUT2D eigenvalue weighted by molar-refractivity contribution is -0.660. The summed E-state index contributed by atoms with van der Waals surface area (Å²) in [5.74, 6) is 1.12. The molecule has 1 spiro atoms. The highest BCUT2D eigenvalue weighted by atomic mass is 16.5. The quantitative estimate of drug-likeness (QED) is 0.452. The topological polar surface area (TPSA) is 13.1 Å². The molecule has 0 saturated heterocycles. The van der Waals surface area contributed by atoms with Crippen LogP contribution in [0.3, 0.4) is 0 Å². The number of ether oxygens (including phenoxy) is 1. The third-order valence-corrected chi connectivity index (χ3v) is 7.67. The van der Waals surface area contributed by atoms with E-state index in [1.165, 1.54) is 64.8 Å². The van der Waals surface area contributed by atoms with Crippen LogP contribution in [0.15, 0.2) is 54.7 Å². The molecular weight excluding hydrogens is 366 g/mol. The molecule has 0 amide bonds. The van der Waals surface area contributed by atoms with Crippen LogP contribution >= 0.6 is 0 Å². The van der Waals surface area contributed by atoms with Crippen molar-refractivity contribution >= 4 is 0 Å². The lowest BCUT2D eigenvalue weighted by atomic mass is 9.69. The Bertz CT molecular complexity index is 1120. The van der Waals surface area contributed by atoms with Gasteiger partial charge in [-0.05, 0) is 57.2 Å². The van der Waals surface area contributed by atoms with Gasteiger partial charge in [-0.25, -0.2) is 4.57 Å². The minimum atomic E-state index is -0.161. The molecule has 0 bridgehead atoms. The highest BCUT2D eigenvalue weighted by molar-refractivity contribution is 5.76. The van der Waals surface area contributed by atoms with Gasteiger partial charge < -0.3 is 4.74 Å². The lowest BCUT2D eigenvalue weighted by Gasteiger charge is -2.36. The van der Waals surface area contributed by atoms with E-state index in [0.717, 1.165) is 5.75 Å². The van der Waals surface area contributed by atoms with Crippen molar-refractivity contribution in [1.29, 1.82) is 0 Å². The molecule has 1 fully saturated rings. The van der Waals surface area contributed by atoms with Crippen molar-refractivity contribution in [2.45, 2.75) is 64.4 Å². The fraction of sp³-hybridized carbons (Fsp3) is 0.393. The van der Waals surface area contributed by atoms with E-state index in [4.69, 9.17) is 4.74 Å². The van der Waals surface area contributed by atoms with Crippen LogP contribution in [-0.4, -0.2) is 5.60 Å². The number of aryl methyl sites for hydroxylation is 3. The Balaban J connectivity index is 1.70. The Morgan fingerprint density at radius 1 is 0.900 bits per heavy atom. The molecule has 1 aliphatic heterocycles. The van der Waals surface area contributed by atoms with E-state index in [1.54, 1.807) is 0 Å². The summed E-state index contributed by atoms with van der Waals surface area (Å²) in [5.41, 5.74) is 9.02. The maximum atomic E-state index is 6.79. The highest BCUT2D eigenvalue weighted by Gasteiger charge is 2.56. The van der Waals surface area contributed by atoms with Crippen molar-refractivity contribution in [3.05, 3.63) is 71.4 Å². The van der Waals surface area contributed by atoms with E-state index in [1.807, 2.05) is 0 Å². The van der Waals surface area contributed by atoms with Gasteiger partial charge in [0.2, 0.25) is 5.69 Å². The van der Waals surface area contributed by atoms with Crippen molar-refractivity contribution < 1.29 is 9.30 Å². The number of hydrogen-bond donors (Lipinski definition) is 0. The third-order valence-electron chi connectivity index (χ3n) is 7.67. The maximum Gasteiger partial charge on any atom is 0.216 e. The SMILES string of the molecule is Cc1cc(-c2c(C)ccc3c2OC(C)(C)C32CCCC2)[n+](C)cc1-c1ccccc1. The molecule has 2 aromatic carbocycles. The van der Waals surface area contributed by atoms with Crippen LogP contribution in [0.1, 0.15) is 56.2 Å². The van der Waals surface area contributed by atoms with Crippen LogP contribution in [0.25, 0.3) is 22.4 Å². The molecule has 2 aliphatic rings. The van der Waals surface area contributed by atoms with E-state index in [2.05, 4.69) is 94.0 Å². The number of rotatable bonds is 2. The zero-order valence-corrected chi connectivity index (χ0v) is 18.9. The summed E-state index contributed by atoms with van der Waals surface area (Å²) >= 11 is 0. The highest BCUT2D eigenvalue weighted by Crippen LogP contribution is 2.59. The summed E-state index contributed by atoms with van der Waals surface area (Å²) in [5, 5.41) is 0. The Hall–Kier alpha value is -2.61. The molecule has 1 aliphatic carbocycles. The Morgan fingerprint density at radius 3 is 2.30 bits per heavy atom. The van der Waals surface area contributed by atoms with E-state index in [-0.39, 0.29) is 11.0 Å². The standard InChI is InChI=1S/C28H32NO/c1-19-13-14-23-26(30-27(3,4)28(23)15-9-10-16-28)25(19)24-17-20(2)22(18-29(24)5)21-11-7-6-8-12-21/h6-8,11-14,17-18H,9-10,15-16H2,1-5H3/q+1. The molecule has 0 atom stereocenters. The number of fused-ring (bicyclic) bond motifs is 2. The largest absolute Gasteiger partial charge is 0.486 e. The summed E-state index contributed by atoms with van der Waals surface area (Å²) in [6.45, 7) is 9.02. The number of pyridine rings is 1. The number of benzene rings is 2. The minimum absolute atomic E-state index is 0.155. The van der Waals surface area contributed by atoms with Crippen LogP contribution in [0.5, 0.6) is 5.75 Å². The van der Waals surface area contributed by atoms with Gasteiger partial charge in [-0.1, -0.05) is 55.3 Å². The molecule has 2 heteroatoms.